The van der Waals surface area contributed by atoms with Crippen LogP contribution in [-0.2, 0) is 6.42 Å². The number of benzene rings is 7. The number of aryl methyl sites for hydroxylation is 1. The first-order valence-corrected chi connectivity index (χ1v) is 15.3. The zero-order valence-electron chi connectivity index (χ0n) is 23.9. The Labute approximate surface area is 253 Å². The molecule has 0 unspecified atom stereocenters. The summed E-state index contributed by atoms with van der Waals surface area (Å²) in [6.45, 7) is 0. The molecule has 2 heterocycles. The van der Waals surface area contributed by atoms with Gasteiger partial charge in [0.2, 0.25) is 0 Å². The Bertz CT molecular complexity index is 2600. The van der Waals surface area contributed by atoms with E-state index in [0.717, 1.165) is 46.1 Å². The molecule has 1 aliphatic rings. The van der Waals surface area contributed by atoms with Crippen molar-refractivity contribution in [1.82, 2.24) is 0 Å². The maximum Gasteiger partial charge on any atom is 0.142 e. The third kappa shape index (κ3) is 3.31. The lowest BCUT2D eigenvalue weighted by atomic mass is 9.82. The highest BCUT2D eigenvalue weighted by Crippen LogP contribution is 2.46. The molecule has 0 N–H and O–H groups in total. The first-order chi connectivity index (χ1) is 21.8. The molecule has 0 amide bonds. The van der Waals surface area contributed by atoms with E-state index in [4.69, 9.17) is 8.83 Å². The fourth-order valence-corrected chi connectivity index (χ4v) is 7.60. The second-order valence-corrected chi connectivity index (χ2v) is 11.9. The third-order valence-electron chi connectivity index (χ3n) is 9.56. The van der Waals surface area contributed by atoms with E-state index in [0.29, 0.717) is 0 Å². The van der Waals surface area contributed by atoms with E-state index in [2.05, 4.69) is 121 Å². The summed E-state index contributed by atoms with van der Waals surface area (Å²) in [7, 11) is 0. The molecule has 206 valence electrons. The molecular formula is C42H26O2. The molecule has 2 nitrogen and oxygen atoms in total. The minimum atomic E-state index is 0.886. The Kier molecular flexibility index (Phi) is 4.86. The lowest BCUT2D eigenvalue weighted by Crippen LogP contribution is -1.99. The number of furan rings is 2. The lowest BCUT2D eigenvalue weighted by molar-refractivity contribution is 0.550. The van der Waals surface area contributed by atoms with Gasteiger partial charge in [-0.2, -0.15) is 0 Å². The van der Waals surface area contributed by atoms with Crippen LogP contribution >= 0.6 is 0 Å². The smallest absolute Gasteiger partial charge is 0.142 e. The van der Waals surface area contributed by atoms with Crippen molar-refractivity contribution in [3.8, 4) is 11.1 Å². The first-order valence-electron chi connectivity index (χ1n) is 15.3. The van der Waals surface area contributed by atoms with Gasteiger partial charge in [0.25, 0.3) is 0 Å². The number of allylic oxidation sites excluding steroid dienone is 1. The second kappa shape index (κ2) is 8.95. The number of hydrogen-bond acceptors (Lipinski definition) is 2. The highest BCUT2D eigenvalue weighted by Gasteiger charge is 2.24. The van der Waals surface area contributed by atoms with E-state index in [-0.39, 0.29) is 0 Å². The van der Waals surface area contributed by atoms with Crippen molar-refractivity contribution in [3.05, 3.63) is 144 Å². The van der Waals surface area contributed by atoms with E-state index in [9.17, 15) is 0 Å². The van der Waals surface area contributed by atoms with Gasteiger partial charge in [0, 0.05) is 33.5 Å². The molecule has 9 aromatic rings. The van der Waals surface area contributed by atoms with E-state index in [1.807, 2.05) is 12.1 Å². The predicted molar refractivity (Wildman–Crippen MR) is 184 cm³/mol. The standard InChI is InChI=1S/C42H26O2/c1-2-10-28-25(9-1)17-21-35-36-23-26(19-22-38(36)44-42(28)35)40-31-12-3-5-14-33(31)41(34-15-6-4-13-32(34)40)27-18-20-30-29-11-7-8-16-37(29)43-39(30)24-27/h1-18,20-21,23-24H,19,22H2. The molecule has 0 bridgehead atoms. The molecule has 0 fully saturated rings. The zero-order chi connectivity index (χ0) is 28.8. The van der Waals surface area contributed by atoms with Crippen LogP contribution in [0.5, 0.6) is 0 Å². The molecule has 0 atom stereocenters. The van der Waals surface area contributed by atoms with Gasteiger partial charge in [0.1, 0.15) is 22.5 Å². The number of fused-ring (bicyclic) bond motifs is 10. The fourth-order valence-electron chi connectivity index (χ4n) is 7.60. The molecule has 0 radical (unpaired) electrons. The van der Waals surface area contributed by atoms with Crippen molar-refractivity contribution >= 4 is 76.9 Å². The molecule has 44 heavy (non-hydrogen) atoms. The summed E-state index contributed by atoms with van der Waals surface area (Å²) < 4.78 is 12.9. The molecular weight excluding hydrogens is 536 g/mol. The first kappa shape index (κ1) is 23.9. The van der Waals surface area contributed by atoms with Gasteiger partial charge < -0.3 is 8.83 Å². The average molecular weight is 563 g/mol. The van der Waals surface area contributed by atoms with Gasteiger partial charge in [0.15, 0.2) is 0 Å². The van der Waals surface area contributed by atoms with Crippen LogP contribution < -0.4 is 0 Å². The largest absolute Gasteiger partial charge is 0.460 e. The van der Waals surface area contributed by atoms with Crippen LogP contribution in [0.1, 0.15) is 23.3 Å². The van der Waals surface area contributed by atoms with Crippen LogP contribution in [0, 0.1) is 0 Å². The third-order valence-corrected chi connectivity index (χ3v) is 9.56. The summed E-state index contributed by atoms with van der Waals surface area (Å²) in [4.78, 5) is 0. The Morgan fingerprint density at radius 2 is 1.05 bits per heavy atom. The monoisotopic (exact) mass is 562 g/mol. The predicted octanol–water partition coefficient (Wildman–Crippen LogP) is 11.9. The Balaban J connectivity index is 1.24. The molecule has 0 saturated carbocycles. The summed E-state index contributed by atoms with van der Waals surface area (Å²) >= 11 is 0. The number of rotatable bonds is 2. The van der Waals surface area contributed by atoms with Crippen LogP contribution in [0.2, 0.25) is 0 Å². The van der Waals surface area contributed by atoms with Gasteiger partial charge in [0.05, 0.1) is 0 Å². The highest BCUT2D eigenvalue weighted by atomic mass is 16.3. The molecule has 0 spiro atoms. The molecule has 0 aliphatic heterocycles. The van der Waals surface area contributed by atoms with Crippen molar-refractivity contribution in [3.63, 3.8) is 0 Å². The summed E-state index contributed by atoms with van der Waals surface area (Å²) in [5, 5.41) is 11.0. The Morgan fingerprint density at radius 3 is 1.82 bits per heavy atom. The second-order valence-electron chi connectivity index (χ2n) is 11.9. The maximum atomic E-state index is 6.54. The summed E-state index contributed by atoms with van der Waals surface area (Å²) in [5.74, 6) is 1.09. The van der Waals surface area contributed by atoms with Gasteiger partial charge in [-0.25, -0.2) is 0 Å². The minimum absolute atomic E-state index is 0.886. The van der Waals surface area contributed by atoms with E-state index >= 15 is 0 Å². The normalized spacial score (nSPS) is 13.4. The molecule has 2 heteroatoms. The molecule has 10 rings (SSSR count). The Morgan fingerprint density at radius 1 is 0.432 bits per heavy atom. The number of hydrogen-bond donors (Lipinski definition) is 0. The van der Waals surface area contributed by atoms with Crippen LogP contribution in [0.3, 0.4) is 0 Å². The zero-order valence-corrected chi connectivity index (χ0v) is 23.9. The summed E-state index contributed by atoms with van der Waals surface area (Å²) in [6.07, 6.45) is 4.22. The highest BCUT2D eigenvalue weighted by molar-refractivity contribution is 6.21. The van der Waals surface area contributed by atoms with Crippen LogP contribution in [-0.4, -0.2) is 0 Å². The quantitative estimate of drug-likeness (QED) is 0.196. The van der Waals surface area contributed by atoms with Crippen LogP contribution in [0.15, 0.2) is 136 Å². The van der Waals surface area contributed by atoms with Crippen molar-refractivity contribution in [2.45, 2.75) is 12.8 Å². The average Bonchev–Trinajstić information content (AvgIpc) is 3.65. The van der Waals surface area contributed by atoms with Crippen molar-refractivity contribution < 1.29 is 8.83 Å². The van der Waals surface area contributed by atoms with Gasteiger partial charge in [-0.3, -0.25) is 0 Å². The molecule has 1 aliphatic carbocycles. The van der Waals surface area contributed by atoms with E-state index in [1.54, 1.807) is 0 Å². The summed E-state index contributed by atoms with van der Waals surface area (Å²) in [5.41, 5.74) is 9.17. The Hall–Kier alpha value is -5.60. The molecule has 2 aromatic heterocycles. The maximum absolute atomic E-state index is 6.54. The van der Waals surface area contributed by atoms with Crippen LogP contribution in [0.25, 0.3) is 88.0 Å². The molecule has 0 saturated heterocycles. The topological polar surface area (TPSA) is 26.3 Å². The SMILES string of the molecule is C1=C(c2c3ccccc3c(-c3ccc4c(c3)oc3ccccc34)c3ccccc23)CCc2oc3c(ccc4ccccc43)c21. The lowest BCUT2D eigenvalue weighted by Gasteiger charge is -2.21. The van der Waals surface area contributed by atoms with Gasteiger partial charge in [-0.15, -0.1) is 0 Å². The van der Waals surface area contributed by atoms with E-state index in [1.165, 1.54) is 65.5 Å². The van der Waals surface area contributed by atoms with Crippen molar-refractivity contribution in [2.24, 2.45) is 0 Å². The van der Waals surface area contributed by atoms with E-state index < -0.39 is 0 Å². The fraction of sp³-hybridized carbons (Fsp3) is 0.0476. The van der Waals surface area contributed by atoms with Crippen molar-refractivity contribution in [1.29, 1.82) is 0 Å². The van der Waals surface area contributed by atoms with Gasteiger partial charge in [-0.1, -0.05) is 103 Å². The minimum Gasteiger partial charge on any atom is -0.460 e. The summed E-state index contributed by atoms with van der Waals surface area (Å²) in [6, 6.07) is 45.7. The number of para-hydroxylation sites is 1. The van der Waals surface area contributed by atoms with Crippen LogP contribution in [0.4, 0.5) is 0 Å². The van der Waals surface area contributed by atoms with Gasteiger partial charge in [-0.05, 0) is 86.0 Å². The van der Waals surface area contributed by atoms with Gasteiger partial charge >= 0.3 is 0 Å². The molecule has 7 aromatic carbocycles. The van der Waals surface area contributed by atoms with Crippen molar-refractivity contribution in [2.75, 3.05) is 0 Å².